The SMILES string of the molecule is COc1ccc(NC(=O)NC(=O)CN(C)Cc2ccc(F)cc2)cc1. The first-order valence-electron chi connectivity index (χ1n) is 7.64. The number of ether oxygens (including phenoxy) is 1. The molecule has 0 heterocycles. The second kappa shape index (κ2) is 8.79. The third-order valence-corrected chi connectivity index (χ3v) is 3.38. The summed E-state index contributed by atoms with van der Waals surface area (Å²) in [6.45, 7) is 0.501. The van der Waals surface area contributed by atoms with Gasteiger partial charge in [0.15, 0.2) is 0 Å². The van der Waals surface area contributed by atoms with E-state index >= 15 is 0 Å². The fourth-order valence-electron chi connectivity index (χ4n) is 2.21. The molecule has 0 aliphatic rings. The molecule has 2 N–H and O–H groups in total. The summed E-state index contributed by atoms with van der Waals surface area (Å²) in [5, 5.41) is 4.83. The normalized spacial score (nSPS) is 10.4. The minimum atomic E-state index is -0.606. The van der Waals surface area contributed by atoms with E-state index in [-0.39, 0.29) is 12.4 Å². The largest absolute Gasteiger partial charge is 0.497 e. The Balaban J connectivity index is 1.78. The molecule has 6 nitrogen and oxygen atoms in total. The van der Waals surface area contributed by atoms with Crippen LogP contribution in [0.15, 0.2) is 48.5 Å². The topological polar surface area (TPSA) is 70.7 Å². The number of carbonyl (C=O) groups is 2. The lowest BCUT2D eigenvalue weighted by molar-refractivity contribution is -0.120. The molecular weight excluding hydrogens is 325 g/mol. The van der Waals surface area contributed by atoms with E-state index in [1.807, 2.05) is 0 Å². The fourth-order valence-corrected chi connectivity index (χ4v) is 2.21. The van der Waals surface area contributed by atoms with Gasteiger partial charge in [0.1, 0.15) is 11.6 Å². The van der Waals surface area contributed by atoms with Gasteiger partial charge in [0, 0.05) is 12.2 Å². The highest BCUT2D eigenvalue weighted by Crippen LogP contribution is 2.14. The Morgan fingerprint density at radius 3 is 2.32 bits per heavy atom. The smallest absolute Gasteiger partial charge is 0.325 e. The minimum absolute atomic E-state index is 0.0351. The predicted molar refractivity (Wildman–Crippen MR) is 92.9 cm³/mol. The van der Waals surface area contributed by atoms with Crippen LogP contribution in [0.25, 0.3) is 0 Å². The van der Waals surface area contributed by atoms with Crippen molar-refractivity contribution in [1.29, 1.82) is 0 Å². The maximum atomic E-state index is 12.9. The molecule has 0 radical (unpaired) electrons. The highest BCUT2D eigenvalue weighted by molar-refractivity contribution is 6.01. The first kappa shape index (κ1) is 18.4. The van der Waals surface area contributed by atoms with Gasteiger partial charge in [0.05, 0.1) is 13.7 Å². The van der Waals surface area contributed by atoms with Gasteiger partial charge in [-0.15, -0.1) is 0 Å². The monoisotopic (exact) mass is 345 g/mol. The lowest BCUT2D eigenvalue weighted by Gasteiger charge is -2.16. The third-order valence-electron chi connectivity index (χ3n) is 3.38. The molecule has 132 valence electrons. The van der Waals surface area contributed by atoms with Crippen molar-refractivity contribution in [3.8, 4) is 5.75 Å². The average molecular weight is 345 g/mol. The lowest BCUT2D eigenvalue weighted by Crippen LogP contribution is -2.40. The quantitative estimate of drug-likeness (QED) is 0.844. The summed E-state index contributed by atoms with van der Waals surface area (Å²) in [5.41, 5.74) is 1.42. The molecular formula is C18H20FN3O3. The number of imide groups is 1. The molecule has 0 spiro atoms. The number of rotatable bonds is 6. The lowest BCUT2D eigenvalue weighted by atomic mass is 10.2. The number of halogens is 1. The van der Waals surface area contributed by atoms with E-state index in [0.29, 0.717) is 18.0 Å². The van der Waals surface area contributed by atoms with Crippen molar-refractivity contribution >= 4 is 17.6 Å². The number of urea groups is 1. The molecule has 0 unspecified atom stereocenters. The van der Waals surface area contributed by atoms with Crippen molar-refractivity contribution in [1.82, 2.24) is 10.2 Å². The molecule has 3 amide bonds. The maximum absolute atomic E-state index is 12.9. The molecule has 0 saturated carbocycles. The third kappa shape index (κ3) is 6.23. The fraction of sp³-hybridized carbons (Fsp3) is 0.222. The first-order chi connectivity index (χ1) is 12.0. The van der Waals surface area contributed by atoms with Crippen LogP contribution < -0.4 is 15.4 Å². The van der Waals surface area contributed by atoms with Crippen molar-refractivity contribution < 1.29 is 18.7 Å². The van der Waals surface area contributed by atoms with Crippen LogP contribution in [-0.2, 0) is 11.3 Å². The Kier molecular flexibility index (Phi) is 6.47. The van der Waals surface area contributed by atoms with Gasteiger partial charge in [-0.3, -0.25) is 15.0 Å². The summed E-state index contributed by atoms with van der Waals surface area (Å²) in [6.07, 6.45) is 0. The van der Waals surface area contributed by atoms with Crippen molar-refractivity contribution in [3.05, 3.63) is 59.9 Å². The van der Waals surface area contributed by atoms with Crippen molar-refractivity contribution in [2.75, 3.05) is 26.0 Å². The molecule has 2 aromatic carbocycles. The summed E-state index contributed by atoms with van der Waals surface area (Å²) in [6, 6.07) is 12.2. The molecule has 7 heteroatoms. The summed E-state index contributed by atoms with van der Waals surface area (Å²) in [7, 11) is 3.29. The summed E-state index contributed by atoms with van der Waals surface area (Å²) in [5.74, 6) is -0.0700. The molecule has 0 aliphatic heterocycles. The van der Waals surface area contributed by atoms with Crippen LogP contribution in [0.1, 0.15) is 5.56 Å². The minimum Gasteiger partial charge on any atom is -0.497 e. The second-order valence-corrected chi connectivity index (χ2v) is 5.53. The van der Waals surface area contributed by atoms with Gasteiger partial charge < -0.3 is 10.1 Å². The number of benzene rings is 2. The Labute approximate surface area is 145 Å². The molecule has 0 aromatic heterocycles. The molecule has 0 fully saturated rings. The summed E-state index contributed by atoms with van der Waals surface area (Å²) >= 11 is 0. The molecule has 0 saturated heterocycles. The Hall–Kier alpha value is -2.93. The Morgan fingerprint density at radius 2 is 1.72 bits per heavy atom. The molecule has 2 aromatic rings. The van der Waals surface area contributed by atoms with E-state index in [1.165, 1.54) is 12.1 Å². The van der Waals surface area contributed by atoms with Gasteiger partial charge in [-0.05, 0) is 49.0 Å². The van der Waals surface area contributed by atoms with E-state index in [2.05, 4.69) is 10.6 Å². The number of likely N-dealkylation sites (N-methyl/N-ethyl adjacent to an activating group) is 1. The zero-order valence-corrected chi connectivity index (χ0v) is 14.1. The van der Waals surface area contributed by atoms with E-state index in [1.54, 1.807) is 55.5 Å². The molecule has 2 rings (SSSR count). The van der Waals surface area contributed by atoms with Gasteiger partial charge >= 0.3 is 6.03 Å². The first-order valence-corrected chi connectivity index (χ1v) is 7.64. The van der Waals surface area contributed by atoms with E-state index in [0.717, 1.165) is 5.56 Å². The number of methoxy groups -OCH3 is 1. The van der Waals surface area contributed by atoms with Crippen LogP contribution in [0.5, 0.6) is 5.75 Å². The van der Waals surface area contributed by atoms with E-state index in [4.69, 9.17) is 4.74 Å². The maximum Gasteiger partial charge on any atom is 0.325 e. The van der Waals surface area contributed by atoms with Gasteiger partial charge in [0.2, 0.25) is 5.91 Å². The van der Waals surface area contributed by atoms with Crippen LogP contribution in [0.3, 0.4) is 0 Å². The molecule has 0 atom stereocenters. The second-order valence-electron chi connectivity index (χ2n) is 5.53. The highest BCUT2D eigenvalue weighted by Gasteiger charge is 2.11. The number of anilines is 1. The standard InChI is InChI=1S/C18H20FN3O3/c1-22(11-13-3-5-14(19)6-4-13)12-17(23)21-18(24)20-15-7-9-16(25-2)10-8-15/h3-10H,11-12H2,1-2H3,(H2,20,21,23,24). The van der Waals surface area contributed by atoms with Gasteiger partial charge in [-0.1, -0.05) is 12.1 Å². The molecule has 0 aliphatic carbocycles. The van der Waals surface area contributed by atoms with Crippen LogP contribution in [0, 0.1) is 5.82 Å². The Bertz CT molecular complexity index is 717. The molecule has 25 heavy (non-hydrogen) atoms. The van der Waals surface area contributed by atoms with Crippen molar-refractivity contribution in [3.63, 3.8) is 0 Å². The van der Waals surface area contributed by atoms with Crippen LogP contribution in [-0.4, -0.2) is 37.5 Å². The van der Waals surface area contributed by atoms with Gasteiger partial charge in [-0.25, -0.2) is 9.18 Å². The number of hydrogen-bond acceptors (Lipinski definition) is 4. The molecule has 0 bridgehead atoms. The number of hydrogen-bond donors (Lipinski definition) is 2. The zero-order valence-electron chi connectivity index (χ0n) is 14.1. The van der Waals surface area contributed by atoms with Gasteiger partial charge in [-0.2, -0.15) is 0 Å². The number of nitrogens with one attached hydrogen (secondary N) is 2. The van der Waals surface area contributed by atoms with Crippen molar-refractivity contribution in [2.45, 2.75) is 6.54 Å². The summed E-state index contributed by atoms with van der Waals surface area (Å²) in [4.78, 5) is 25.5. The highest BCUT2D eigenvalue weighted by atomic mass is 19.1. The van der Waals surface area contributed by atoms with Crippen LogP contribution in [0.4, 0.5) is 14.9 Å². The van der Waals surface area contributed by atoms with Crippen molar-refractivity contribution in [2.24, 2.45) is 0 Å². The van der Waals surface area contributed by atoms with E-state index < -0.39 is 11.9 Å². The Morgan fingerprint density at radius 1 is 1.08 bits per heavy atom. The van der Waals surface area contributed by atoms with Crippen LogP contribution >= 0.6 is 0 Å². The number of carbonyl (C=O) groups excluding carboxylic acids is 2. The van der Waals surface area contributed by atoms with Gasteiger partial charge in [0.25, 0.3) is 0 Å². The summed E-state index contributed by atoms with van der Waals surface area (Å²) < 4.78 is 17.9. The predicted octanol–water partition coefficient (Wildman–Crippen LogP) is 2.61. The van der Waals surface area contributed by atoms with E-state index in [9.17, 15) is 14.0 Å². The zero-order chi connectivity index (χ0) is 18.2. The average Bonchev–Trinajstić information content (AvgIpc) is 2.57. The number of nitrogens with zero attached hydrogens (tertiary/aromatic N) is 1. The van der Waals surface area contributed by atoms with Crippen LogP contribution in [0.2, 0.25) is 0 Å². The number of amides is 3.